The second kappa shape index (κ2) is 9.89. The maximum absolute atomic E-state index is 12.4. The first-order valence-corrected chi connectivity index (χ1v) is 11.2. The molecule has 1 N–H and O–H groups in total. The van der Waals surface area contributed by atoms with Gasteiger partial charge in [0.2, 0.25) is 0 Å². The van der Waals surface area contributed by atoms with Gasteiger partial charge in [-0.15, -0.1) is 0 Å². The van der Waals surface area contributed by atoms with Crippen molar-refractivity contribution in [2.45, 2.75) is 6.61 Å². The number of sulfonamides is 1. The molecular weight excluding hydrogens is 445 g/mol. The first kappa shape index (κ1) is 22.0. The molecule has 156 valence electrons. The van der Waals surface area contributed by atoms with Crippen molar-refractivity contribution < 1.29 is 17.9 Å². The largest absolute Gasteiger partial charge is 0.493 e. The summed E-state index contributed by atoms with van der Waals surface area (Å²) in [5.41, 5.74) is 1.89. The van der Waals surface area contributed by atoms with Crippen LogP contribution in [-0.4, -0.2) is 15.5 Å². The van der Waals surface area contributed by atoms with Crippen LogP contribution in [0, 0.1) is 0 Å². The minimum absolute atomic E-state index is 0.252. The lowest BCUT2D eigenvalue weighted by Gasteiger charge is -2.13. The fourth-order valence-electron chi connectivity index (χ4n) is 2.62. The van der Waals surface area contributed by atoms with Gasteiger partial charge in [-0.05, 0) is 53.6 Å². The van der Waals surface area contributed by atoms with Gasteiger partial charge in [0, 0.05) is 16.1 Å². The van der Waals surface area contributed by atoms with Crippen LogP contribution in [0.4, 0.5) is 5.69 Å². The number of methoxy groups -OCH3 is 1. The van der Waals surface area contributed by atoms with Crippen molar-refractivity contribution in [3.8, 4) is 11.5 Å². The molecule has 0 saturated heterocycles. The molecule has 0 aliphatic heterocycles. The molecule has 0 aromatic heterocycles. The van der Waals surface area contributed by atoms with E-state index in [1.807, 2.05) is 12.1 Å². The van der Waals surface area contributed by atoms with Crippen molar-refractivity contribution in [2.24, 2.45) is 0 Å². The highest BCUT2D eigenvalue weighted by atomic mass is 35.5. The SMILES string of the molecule is COc1ccc(NS(=O)(=O)C=Cc2cccc(Cl)c2)cc1OCc1cccc(Cl)c1. The zero-order valence-electron chi connectivity index (χ0n) is 16.0. The van der Waals surface area contributed by atoms with Crippen LogP contribution in [0.25, 0.3) is 6.08 Å². The number of halogens is 2. The van der Waals surface area contributed by atoms with Gasteiger partial charge in [-0.25, -0.2) is 8.42 Å². The number of anilines is 1. The molecule has 0 unspecified atom stereocenters. The van der Waals surface area contributed by atoms with E-state index in [1.54, 1.807) is 54.6 Å². The van der Waals surface area contributed by atoms with Crippen LogP contribution in [0.1, 0.15) is 11.1 Å². The molecule has 8 heteroatoms. The van der Waals surface area contributed by atoms with E-state index >= 15 is 0 Å². The Bertz CT molecular complexity index is 1160. The number of ether oxygens (including phenoxy) is 2. The second-order valence-corrected chi connectivity index (χ2v) is 8.73. The minimum atomic E-state index is -3.74. The molecule has 30 heavy (non-hydrogen) atoms. The first-order chi connectivity index (χ1) is 14.3. The summed E-state index contributed by atoms with van der Waals surface area (Å²) in [7, 11) is -2.23. The third-order valence-electron chi connectivity index (χ3n) is 4.00. The average Bonchev–Trinajstić information content (AvgIpc) is 2.71. The van der Waals surface area contributed by atoms with Crippen molar-refractivity contribution in [1.29, 1.82) is 0 Å². The van der Waals surface area contributed by atoms with E-state index < -0.39 is 10.0 Å². The zero-order chi connectivity index (χ0) is 21.6. The monoisotopic (exact) mass is 463 g/mol. The number of nitrogens with one attached hydrogen (secondary N) is 1. The van der Waals surface area contributed by atoms with Gasteiger partial charge in [-0.1, -0.05) is 47.5 Å². The van der Waals surface area contributed by atoms with Crippen LogP contribution < -0.4 is 14.2 Å². The van der Waals surface area contributed by atoms with Crippen molar-refractivity contribution >= 4 is 45.0 Å². The summed E-state index contributed by atoms with van der Waals surface area (Å²) in [6, 6.07) is 19.0. The number of hydrogen-bond acceptors (Lipinski definition) is 4. The Labute approximate surface area is 185 Å². The molecule has 3 aromatic carbocycles. The molecule has 0 aliphatic rings. The molecule has 0 radical (unpaired) electrons. The molecule has 0 saturated carbocycles. The summed E-state index contributed by atoms with van der Waals surface area (Å²) >= 11 is 11.9. The summed E-state index contributed by atoms with van der Waals surface area (Å²) in [6.45, 7) is 0.252. The highest BCUT2D eigenvalue weighted by Crippen LogP contribution is 2.31. The lowest BCUT2D eigenvalue weighted by Crippen LogP contribution is -2.09. The third-order valence-corrected chi connectivity index (χ3v) is 5.48. The Kier molecular flexibility index (Phi) is 7.26. The molecule has 3 aromatic rings. The highest BCUT2D eigenvalue weighted by Gasteiger charge is 2.11. The smallest absolute Gasteiger partial charge is 0.255 e. The third kappa shape index (κ3) is 6.42. The molecule has 0 atom stereocenters. The molecule has 0 spiro atoms. The Morgan fingerprint density at radius 3 is 2.37 bits per heavy atom. The van der Waals surface area contributed by atoms with Gasteiger partial charge in [-0.3, -0.25) is 4.72 Å². The van der Waals surface area contributed by atoms with Gasteiger partial charge >= 0.3 is 0 Å². The van der Waals surface area contributed by atoms with Crippen LogP contribution >= 0.6 is 23.2 Å². The van der Waals surface area contributed by atoms with E-state index in [9.17, 15) is 8.42 Å². The number of hydrogen-bond donors (Lipinski definition) is 1. The number of rotatable bonds is 8. The standard InChI is InChI=1S/C22H19Cl2NO4S/c1-28-21-9-8-20(14-22(21)29-15-17-5-3-7-19(24)13-17)25-30(26,27)11-10-16-4-2-6-18(23)12-16/h2-14,25H,15H2,1H3. The molecule has 0 bridgehead atoms. The van der Waals surface area contributed by atoms with Crippen LogP contribution in [-0.2, 0) is 16.6 Å². The van der Waals surface area contributed by atoms with Gasteiger partial charge in [0.25, 0.3) is 10.0 Å². The zero-order valence-corrected chi connectivity index (χ0v) is 18.3. The van der Waals surface area contributed by atoms with Crippen LogP contribution in [0.5, 0.6) is 11.5 Å². The van der Waals surface area contributed by atoms with Gasteiger partial charge < -0.3 is 9.47 Å². The summed E-state index contributed by atoms with van der Waals surface area (Å²) < 4.78 is 38.5. The first-order valence-electron chi connectivity index (χ1n) is 8.86. The second-order valence-electron chi connectivity index (χ2n) is 6.29. The fraction of sp³-hybridized carbons (Fsp3) is 0.0909. The van der Waals surface area contributed by atoms with Crippen molar-refractivity contribution in [3.63, 3.8) is 0 Å². The highest BCUT2D eigenvalue weighted by molar-refractivity contribution is 7.95. The minimum Gasteiger partial charge on any atom is -0.493 e. The molecule has 0 heterocycles. The predicted molar refractivity (Wildman–Crippen MR) is 122 cm³/mol. The Morgan fingerprint density at radius 2 is 1.67 bits per heavy atom. The predicted octanol–water partition coefficient (Wildman–Crippen LogP) is 5.99. The summed E-state index contributed by atoms with van der Waals surface area (Å²) in [6.07, 6.45) is 1.47. The van der Waals surface area contributed by atoms with Gasteiger partial charge in [0.15, 0.2) is 11.5 Å². The Hall–Kier alpha value is -2.67. The quantitative estimate of drug-likeness (QED) is 0.445. The van der Waals surface area contributed by atoms with Gasteiger partial charge in [-0.2, -0.15) is 0 Å². The number of benzene rings is 3. The lowest BCUT2D eigenvalue weighted by atomic mass is 10.2. The van der Waals surface area contributed by atoms with Crippen molar-refractivity contribution in [2.75, 3.05) is 11.8 Å². The van der Waals surface area contributed by atoms with Gasteiger partial charge in [0.1, 0.15) is 6.61 Å². The summed E-state index contributed by atoms with van der Waals surface area (Å²) in [5.74, 6) is 0.881. The maximum Gasteiger partial charge on any atom is 0.255 e. The van der Waals surface area contributed by atoms with E-state index in [-0.39, 0.29) is 6.61 Å². The van der Waals surface area contributed by atoms with Crippen molar-refractivity contribution in [3.05, 3.63) is 93.3 Å². The van der Waals surface area contributed by atoms with Crippen LogP contribution in [0.15, 0.2) is 72.1 Å². The van der Waals surface area contributed by atoms with Gasteiger partial charge in [0.05, 0.1) is 18.2 Å². The van der Waals surface area contributed by atoms with Crippen LogP contribution in [0.3, 0.4) is 0 Å². The molecule has 3 rings (SSSR count). The molecule has 0 fully saturated rings. The topological polar surface area (TPSA) is 64.6 Å². The Morgan fingerprint density at radius 1 is 0.933 bits per heavy atom. The Balaban J connectivity index is 1.74. The summed E-state index contributed by atoms with van der Waals surface area (Å²) in [5, 5.41) is 2.21. The van der Waals surface area contributed by atoms with E-state index in [2.05, 4.69) is 4.72 Å². The molecule has 0 amide bonds. The maximum atomic E-state index is 12.4. The van der Waals surface area contributed by atoms with E-state index in [0.717, 1.165) is 11.0 Å². The average molecular weight is 464 g/mol. The molecular formula is C22H19Cl2NO4S. The van der Waals surface area contributed by atoms with E-state index in [0.29, 0.717) is 32.8 Å². The van der Waals surface area contributed by atoms with Crippen LogP contribution in [0.2, 0.25) is 10.0 Å². The van der Waals surface area contributed by atoms with E-state index in [4.69, 9.17) is 32.7 Å². The molecule has 5 nitrogen and oxygen atoms in total. The normalized spacial score (nSPS) is 11.4. The van der Waals surface area contributed by atoms with Crippen molar-refractivity contribution in [1.82, 2.24) is 0 Å². The molecule has 0 aliphatic carbocycles. The fourth-order valence-corrected chi connectivity index (χ4v) is 3.89. The lowest BCUT2D eigenvalue weighted by molar-refractivity contribution is 0.285. The summed E-state index contributed by atoms with van der Waals surface area (Å²) in [4.78, 5) is 0. The van der Waals surface area contributed by atoms with E-state index in [1.165, 1.54) is 13.2 Å².